The van der Waals surface area contributed by atoms with Gasteiger partial charge in [-0.15, -0.1) is 11.8 Å². The summed E-state index contributed by atoms with van der Waals surface area (Å²) in [4.78, 5) is 16.6. The van der Waals surface area contributed by atoms with Crippen molar-refractivity contribution in [2.45, 2.75) is 11.4 Å². The van der Waals surface area contributed by atoms with Crippen LogP contribution >= 0.6 is 11.8 Å². The highest BCUT2D eigenvalue weighted by atomic mass is 32.2. The first kappa shape index (κ1) is 13.4. The van der Waals surface area contributed by atoms with Crippen LogP contribution in [0.4, 0.5) is 5.82 Å². The molecule has 5 heteroatoms. The fourth-order valence-corrected chi connectivity index (χ4v) is 2.16. The Balaban J connectivity index is 1.74. The molecule has 0 radical (unpaired) electrons. The Kier molecular flexibility index (Phi) is 4.80. The van der Waals surface area contributed by atoms with E-state index in [0.717, 1.165) is 10.5 Å². The van der Waals surface area contributed by atoms with Crippen LogP contribution in [-0.4, -0.2) is 16.6 Å². The molecular weight excluding hydrogens is 258 g/mol. The van der Waals surface area contributed by atoms with Gasteiger partial charge in [0.15, 0.2) is 0 Å². The van der Waals surface area contributed by atoms with Gasteiger partial charge in [0, 0.05) is 17.6 Å². The van der Waals surface area contributed by atoms with E-state index in [9.17, 15) is 4.79 Å². The third kappa shape index (κ3) is 4.63. The second-order valence-electron chi connectivity index (χ2n) is 3.97. The molecule has 0 spiro atoms. The maximum Gasteiger partial charge on any atom is 0.230 e. The average Bonchev–Trinajstić information content (AvgIpc) is 2.45. The average molecular weight is 273 g/mol. The summed E-state index contributed by atoms with van der Waals surface area (Å²) in [5.74, 6) is 0.863. The van der Waals surface area contributed by atoms with E-state index in [4.69, 9.17) is 5.73 Å². The van der Waals surface area contributed by atoms with Crippen molar-refractivity contribution in [1.82, 2.24) is 10.3 Å². The summed E-state index contributed by atoms with van der Waals surface area (Å²) < 4.78 is 0. The minimum Gasteiger partial charge on any atom is -0.384 e. The molecule has 0 aliphatic rings. The van der Waals surface area contributed by atoms with Gasteiger partial charge >= 0.3 is 0 Å². The minimum atomic E-state index is 0.00526. The Bertz CT molecular complexity index is 528. The van der Waals surface area contributed by atoms with Gasteiger partial charge in [-0.3, -0.25) is 4.79 Å². The molecule has 0 aliphatic carbocycles. The Morgan fingerprint density at radius 2 is 2.00 bits per heavy atom. The highest BCUT2D eigenvalue weighted by Crippen LogP contribution is 2.16. The first-order chi connectivity index (χ1) is 9.24. The molecule has 0 unspecified atom stereocenters. The molecule has 2 rings (SSSR count). The highest BCUT2D eigenvalue weighted by Gasteiger charge is 2.03. The number of nitrogens with zero attached hydrogens (tertiary/aromatic N) is 1. The maximum absolute atomic E-state index is 11.7. The number of nitrogens with two attached hydrogens (primary N) is 1. The molecule has 98 valence electrons. The number of nitrogen functional groups attached to an aromatic ring is 1. The molecule has 1 aromatic carbocycles. The zero-order valence-corrected chi connectivity index (χ0v) is 11.2. The summed E-state index contributed by atoms with van der Waals surface area (Å²) in [5.41, 5.74) is 6.59. The number of pyridine rings is 1. The number of benzene rings is 1. The molecular formula is C14H15N3OS. The van der Waals surface area contributed by atoms with Gasteiger partial charge < -0.3 is 11.1 Å². The SMILES string of the molecule is Nc1ccc(SCC(=O)NCc2ccccc2)cn1. The Hall–Kier alpha value is -2.01. The van der Waals surface area contributed by atoms with Gasteiger partial charge in [-0.2, -0.15) is 0 Å². The number of nitrogens with one attached hydrogen (secondary N) is 1. The topological polar surface area (TPSA) is 68.0 Å². The largest absolute Gasteiger partial charge is 0.384 e. The number of aromatic nitrogens is 1. The van der Waals surface area contributed by atoms with E-state index >= 15 is 0 Å². The van der Waals surface area contributed by atoms with E-state index in [1.165, 1.54) is 11.8 Å². The van der Waals surface area contributed by atoms with Gasteiger partial charge in [0.25, 0.3) is 0 Å². The van der Waals surface area contributed by atoms with Crippen molar-refractivity contribution in [3.8, 4) is 0 Å². The van der Waals surface area contributed by atoms with Crippen LogP contribution in [0, 0.1) is 0 Å². The van der Waals surface area contributed by atoms with E-state index in [2.05, 4.69) is 10.3 Å². The lowest BCUT2D eigenvalue weighted by atomic mass is 10.2. The van der Waals surface area contributed by atoms with E-state index < -0.39 is 0 Å². The van der Waals surface area contributed by atoms with Crippen molar-refractivity contribution in [3.63, 3.8) is 0 Å². The summed E-state index contributed by atoms with van der Waals surface area (Å²) in [7, 11) is 0. The van der Waals surface area contributed by atoms with Crippen molar-refractivity contribution >= 4 is 23.5 Å². The molecule has 3 N–H and O–H groups in total. The van der Waals surface area contributed by atoms with Crippen molar-refractivity contribution in [3.05, 3.63) is 54.2 Å². The Morgan fingerprint density at radius 3 is 2.68 bits per heavy atom. The number of rotatable bonds is 5. The molecule has 0 saturated heterocycles. The van der Waals surface area contributed by atoms with Crippen molar-refractivity contribution < 1.29 is 4.79 Å². The lowest BCUT2D eigenvalue weighted by molar-refractivity contribution is -0.118. The zero-order chi connectivity index (χ0) is 13.5. The maximum atomic E-state index is 11.7. The number of carbonyl (C=O) groups is 1. The summed E-state index contributed by atoms with van der Waals surface area (Å²) in [6.07, 6.45) is 1.67. The van der Waals surface area contributed by atoms with Crippen LogP contribution in [0.3, 0.4) is 0 Å². The molecule has 0 bridgehead atoms. The van der Waals surface area contributed by atoms with E-state index in [1.807, 2.05) is 36.4 Å². The van der Waals surface area contributed by atoms with Gasteiger partial charge in [-0.25, -0.2) is 4.98 Å². The number of amides is 1. The van der Waals surface area contributed by atoms with E-state index in [0.29, 0.717) is 18.1 Å². The smallest absolute Gasteiger partial charge is 0.230 e. The van der Waals surface area contributed by atoms with Gasteiger partial charge in [-0.1, -0.05) is 30.3 Å². The van der Waals surface area contributed by atoms with Crippen LogP contribution in [0.5, 0.6) is 0 Å². The summed E-state index contributed by atoms with van der Waals surface area (Å²) >= 11 is 1.44. The lowest BCUT2D eigenvalue weighted by Crippen LogP contribution is -2.24. The molecule has 0 saturated carbocycles. The fraction of sp³-hybridized carbons (Fsp3) is 0.143. The predicted octanol–water partition coefficient (Wildman–Crippen LogP) is 2.07. The first-order valence-electron chi connectivity index (χ1n) is 5.89. The van der Waals surface area contributed by atoms with Gasteiger partial charge in [0.1, 0.15) is 5.82 Å². The monoisotopic (exact) mass is 273 g/mol. The van der Waals surface area contributed by atoms with Crippen LogP contribution in [0.25, 0.3) is 0 Å². The van der Waals surface area contributed by atoms with E-state index in [-0.39, 0.29) is 5.91 Å². The second kappa shape index (κ2) is 6.80. The van der Waals surface area contributed by atoms with Crippen LogP contribution in [0.15, 0.2) is 53.6 Å². The summed E-state index contributed by atoms with van der Waals surface area (Å²) in [5, 5.41) is 2.88. The van der Waals surface area contributed by atoms with Crippen molar-refractivity contribution in [2.24, 2.45) is 0 Å². The third-order valence-corrected chi connectivity index (χ3v) is 3.44. The molecule has 0 aliphatic heterocycles. The van der Waals surface area contributed by atoms with Crippen molar-refractivity contribution in [2.75, 3.05) is 11.5 Å². The zero-order valence-electron chi connectivity index (χ0n) is 10.4. The standard InChI is InChI=1S/C14H15N3OS/c15-13-7-6-12(9-16-13)19-10-14(18)17-8-11-4-2-1-3-5-11/h1-7,9H,8,10H2,(H2,15,16)(H,17,18). The van der Waals surface area contributed by atoms with Crippen LogP contribution < -0.4 is 11.1 Å². The molecule has 4 nitrogen and oxygen atoms in total. The molecule has 1 heterocycles. The highest BCUT2D eigenvalue weighted by molar-refractivity contribution is 8.00. The molecule has 1 aromatic heterocycles. The van der Waals surface area contributed by atoms with Crippen LogP contribution in [0.2, 0.25) is 0 Å². The normalized spacial score (nSPS) is 10.1. The van der Waals surface area contributed by atoms with Gasteiger partial charge in [0.2, 0.25) is 5.91 Å². The number of carbonyl (C=O) groups excluding carboxylic acids is 1. The quantitative estimate of drug-likeness (QED) is 0.818. The summed E-state index contributed by atoms with van der Waals surface area (Å²) in [6, 6.07) is 13.4. The van der Waals surface area contributed by atoms with E-state index in [1.54, 1.807) is 12.3 Å². The second-order valence-corrected chi connectivity index (χ2v) is 5.02. The summed E-state index contributed by atoms with van der Waals surface area (Å²) in [6.45, 7) is 0.556. The number of hydrogen-bond donors (Lipinski definition) is 2. The van der Waals surface area contributed by atoms with Crippen LogP contribution in [0.1, 0.15) is 5.56 Å². The van der Waals surface area contributed by atoms with Gasteiger partial charge in [-0.05, 0) is 17.7 Å². The Labute approximate surface area is 116 Å². The van der Waals surface area contributed by atoms with Crippen molar-refractivity contribution in [1.29, 1.82) is 0 Å². The molecule has 0 fully saturated rings. The lowest BCUT2D eigenvalue weighted by Gasteiger charge is -2.05. The number of hydrogen-bond acceptors (Lipinski definition) is 4. The number of thioether (sulfide) groups is 1. The fourth-order valence-electron chi connectivity index (χ4n) is 1.47. The molecule has 1 amide bonds. The minimum absolute atomic E-state index is 0.00526. The number of anilines is 1. The molecule has 19 heavy (non-hydrogen) atoms. The Morgan fingerprint density at radius 1 is 1.21 bits per heavy atom. The molecule has 2 aromatic rings. The van der Waals surface area contributed by atoms with Crippen LogP contribution in [-0.2, 0) is 11.3 Å². The predicted molar refractivity (Wildman–Crippen MR) is 77.7 cm³/mol. The first-order valence-corrected chi connectivity index (χ1v) is 6.87. The third-order valence-electron chi connectivity index (χ3n) is 2.46. The van der Waals surface area contributed by atoms with Gasteiger partial charge in [0.05, 0.1) is 5.75 Å². The molecule has 0 atom stereocenters.